The van der Waals surface area contributed by atoms with Gasteiger partial charge in [0.1, 0.15) is 0 Å². The second-order valence-corrected chi connectivity index (χ2v) is 4.28. The second-order valence-electron chi connectivity index (χ2n) is 4.28. The van der Waals surface area contributed by atoms with Crippen LogP contribution in [0.5, 0.6) is 17.2 Å². The highest BCUT2D eigenvalue weighted by Gasteiger charge is 2.21. The predicted octanol–water partition coefficient (Wildman–Crippen LogP) is 2.58. The first-order valence-corrected chi connectivity index (χ1v) is 6.19. The van der Waals surface area contributed by atoms with Crippen LogP contribution in [0.4, 0.5) is 0 Å². The van der Waals surface area contributed by atoms with Crippen molar-refractivity contribution in [3.8, 4) is 17.2 Å². The Labute approximate surface area is 117 Å². The molecule has 108 valence electrons. The smallest absolute Gasteiger partial charge is 0.203 e. The Hall–Kier alpha value is -2.14. The van der Waals surface area contributed by atoms with Crippen LogP contribution in [0.2, 0.25) is 0 Å². The van der Waals surface area contributed by atoms with Crippen LogP contribution in [0.1, 0.15) is 17.2 Å². The fourth-order valence-electron chi connectivity index (χ4n) is 2.13. The molecule has 1 aromatic carbocycles. The molecule has 1 atom stereocenters. The van der Waals surface area contributed by atoms with Crippen LogP contribution >= 0.6 is 0 Å². The molecule has 0 saturated carbocycles. The number of hydrogen-bond acceptors (Lipinski definition) is 5. The standard InChI is InChI=1S/C15H18O5/c1-17-13-5-4-11(14(18-2)15(13)19-3)12(16)8-10-6-7-20-9-10/h4-7,9,12,16H,8H2,1-3H3. The van der Waals surface area contributed by atoms with Gasteiger partial charge in [-0.05, 0) is 23.8 Å². The Kier molecular flexibility index (Phi) is 4.53. The van der Waals surface area contributed by atoms with Crippen LogP contribution in [0.3, 0.4) is 0 Å². The van der Waals surface area contributed by atoms with Gasteiger partial charge in [0, 0.05) is 12.0 Å². The molecule has 1 N–H and O–H groups in total. The predicted molar refractivity (Wildman–Crippen MR) is 73.5 cm³/mol. The van der Waals surface area contributed by atoms with Crippen LogP contribution < -0.4 is 14.2 Å². The molecule has 0 spiro atoms. The van der Waals surface area contributed by atoms with E-state index in [4.69, 9.17) is 18.6 Å². The van der Waals surface area contributed by atoms with E-state index in [0.717, 1.165) is 5.56 Å². The molecule has 0 radical (unpaired) electrons. The molecule has 0 amide bonds. The van der Waals surface area contributed by atoms with Gasteiger partial charge in [0.15, 0.2) is 11.5 Å². The van der Waals surface area contributed by atoms with Gasteiger partial charge >= 0.3 is 0 Å². The van der Waals surface area contributed by atoms with E-state index in [1.165, 1.54) is 14.2 Å². The summed E-state index contributed by atoms with van der Waals surface area (Å²) in [6, 6.07) is 5.33. The van der Waals surface area contributed by atoms with Gasteiger partial charge in [-0.2, -0.15) is 0 Å². The van der Waals surface area contributed by atoms with Crippen LogP contribution in [-0.4, -0.2) is 26.4 Å². The van der Waals surface area contributed by atoms with Crippen molar-refractivity contribution in [2.45, 2.75) is 12.5 Å². The summed E-state index contributed by atoms with van der Waals surface area (Å²) in [6.45, 7) is 0. The zero-order chi connectivity index (χ0) is 14.5. The lowest BCUT2D eigenvalue weighted by atomic mass is 10.0. The molecule has 2 rings (SSSR count). The number of rotatable bonds is 6. The van der Waals surface area contributed by atoms with E-state index in [-0.39, 0.29) is 0 Å². The molecule has 0 aliphatic rings. The minimum absolute atomic E-state index is 0.433. The van der Waals surface area contributed by atoms with Crippen molar-refractivity contribution in [3.05, 3.63) is 41.9 Å². The minimum Gasteiger partial charge on any atom is -0.493 e. The zero-order valence-electron chi connectivity index (χ0n) is 11.8. The van der Waals surface area contributed by atoms with Gasteiger partial charge in [0.05, 0.1) is 40.0 Å². The lowest BCUT2D eigenvalue weighted by molar-refractivity contribution is 0.172. The Morgan fingerprint density at radius 3 is 2.35 bits per heavy atom. The molecule has 1 unspecified atom stereocenters. The van der Waals surface area contributed by atoms with Gasteiger partial charge in [-0.15, -0.1) is 0 Å². The minimum atomic E-state index is -0.720. The highest BCUT2D eigenvalue weighted by molar-refractivity contribution is 5.56. The summed E-state index contributed by atoms with van der Waals surface area (Å²) in [5.74, 6) is 1.50. The Morgan fingerprint density at radius 1 is 1.05 bits per heavy atom. The van der Waals surface area contributed by atoms with Crippen molar-refractivity contribution < 1.29 is 23.7 Å². The third-order valence-electron chi connectivity index (χ3n) is 3.10. The maximum Gasteiger partial charge on any atom is 0.203 e. The molecule has 0 aliphatic heterocycles. The summed E-state index contributed by atoms with van der Waals surface area (Å²) >= 11 is 0. The maximum atomic E-state index is 10.4. The zero-order valence-corrected chi connectivity index (χ0v) is 11.8. The average molecular weight is 278 g/mol. The van der Waals surface area contributed by atoms with Gasteiger partial charge in [0.25, 0.3) is 0 Å². The van der Waals surface area contributed by atoms with Crippen molar-refractivity contribution in [1.29, 1.82) is 0 Å². The van der Waals surface area contributed by atoms with Crippen molar-refractivity contribution in [1.82, 2.24) is 0 Å². The number of ether oxygens (including phenoxy) is 3. The largest absolute Gasteiger partial charge is 0.493 e. The molecule has 1 aromatic heterocycles. The first-order valence-electron chi connectivity index (χ1n) is 6.19. The lowest BCUT2D eigenvalue weighted by Crippen LogP contribution is -2.05. The van der Waals surface area contributed by atoms with Crippen LogP contribution in [0.15, 0.2) is 35.1 Å². The number of furan rings is 1. The van der Waals surface area contributed by atoms with Gasteiger partial charge in [-0.3, -0.25) is 0 Å². The summed E-state index contributed by atoms with van der Waals surface area (Å²) < 4.78 is 20.9. The fraction of sp³-hybridized carbons (Fsp3) is 0.333. The van der Waals surface area contributed by atoms with E-state index in [1.807, 2.05) is 6.07 Å². The molecule has 0 aliphatic carbocycles. The first-order chi connectivity index (χ1) is 9.71. The second kappa shape index (κ2) is 6.34. The summed E-state index contributed by atoms with van der Waals surface area (Å²) in [7, 11) is 4.62. The van der Waals surface area contributed by atoms with Crippen LogP contribution in [-0.2, 0) is 6.42 Å². The summed E-state index contributed by atoms with van der Waals surface area (Å²) in [5, 5.41) is 10.4. The van der Waals surface area contributed by atoms with Crippen molar-refractivity contribution in [2.24, 2.45) is 0 Å². The van der Waals surface area contributed by atoms with E-state index >= 15 is 0 Å². The monoisotopic (exact) mass is 278 g/mol. The SMILES string of the molecule is COc1ccc(C(O)Cc2ccoc2)c(OC)c1OC. The Bertz CT molecular complexity index is 548. The molecule has 5 heteroatoms. The van der Waals surface area contributed by atoms with Crippen LogP contribution in [0, 0.1) is 0 Å². The summed E-state index contributed by atoms with van der Waals surface area (Å²) in [4.78, 5) is 0. The highest BCUT2D eigenvalue weighted by atomic mass is 16.5. The molecule has 20 heavy (non-hydrogen) atoms. The molecule has 1 heterocycles. The van der Waals surface area contributed by atoms with Crippen molar-refractivity contribution in [2.75, 3.05) is 21.3 Å². The van der Waals surface area contributed by atoms with Gasteiger partial charge in [-0.1, -0.05) is 0 Å². The van der Waals surface area contributed by atoms with Crippen molar-refractivity contribution in [3.63, 3.8) is 0 Å². The van der Waals surface area contributed by atoms with E-state index in [0.29, 0.717) is 29.2 Å². The average Bonchev–Trinajstić information content (AvgIpc) is 2.98. The molecular weight excluding hydrogens is 260 g/mol. The van der Waals surface area contributed by atoms with Gasteiger partial charge in [0.2, 0.25) is 5.75 Å². The third-order valence-corrected chi connectivity index (χ3v) is 3.10. The summed E-state index contributed by atoms with van der Waals surface area (Å²) in [6.07, 6.45) is 2.90. The van der Waals surface area contributed by atoms with Crippen LogP contribution in [0.25, 0.3) is 0 Å². The van der Waals surface area contributed by atoms with E-state index < -0.39 is 6.10 Å². The number of hydrogen-bond donors (Lipinski definition) is 1. The van der Waals surface area contributed by atoms with Gasteiger partial charge in [-0.25, -0.2) is 0 Å². The van der Waals surface area contributed by atoms with E-state index in [1.54, 1.807) is 31.8 Å². The lowest BCUT2D eigenvalue weighted by Gasteiger charge is -2.18. The molecular formula is C15H18O5. The quantitative estimate of drug-likeness (QED) is 0.880. The molecule has 5 nitrogen and oxygen atoms in total. The highest BCUT2D eigenvalue weighted by Crippen LogP contribution is 2.42. The third kappa shape index (κ3) is 2.72. The molecule has 0 bridgehead atoms. The first kappa shape index (κ1) is 14.3. The number of benzene rings is 1. The van der Waals surface area contributed by atoms with Crippen molar-refractivity contribution >= 4 is 0 Å². The Morgan fingerprint density at radius 2 is 1.80 bits per heavy atom. The number of aliphatic hydroxyl groups excluding tert-OH is 1. The Balaban J connectivity index is 2.35. The maximum absolute atomic E-state index is 10.4. The molecule has 0 fully saturated rings. The molecule has 2 aromatic rings. The topological polar surface area (TPSA) is 61.1 Å². The van der Waals surface area contributed by atoms with E-state index in [9.17, 15) is 5.11 Å². The number of methoxy groups -OCH3 is 3. The number of aliphatic hydroxyl groups is 1. The summed E-state index contributed by atoms with van der Waals surface area (Å²) in [5.41, 5.74) is 1.56. The fourth-order valence-corrected chi connectivity index (χ4v) is 2.13. The van der Waals surface area contributed by atoms with Gasteiger partial charge < -0.3 is 23.7 Å². The normalized spacial score (nSPS) is 12.0. The van der Waals surface area contributed by atoms with E-state index in [2.05, 4.69) is 0 Å². The molecule has 0 saturated heterocycles.